The lowest BCUT2D eigenvalue weighted by Crippen LogP contribution is -2.07. The number of carbonyl (C=O) groups excluding carboxylic acids is 1. The molecule has 0 unspecified atom stereocenters. The highest BCUT2D eigenvalue weighted by molar-refractivity contribution is 8.24. The van der Waals surface area contributed by atoms with Crippen LogP contribution in [0.15, 0.2) is 58.7 Å². The zero-order valence-corrected chi connectivity index (χ0v) is 9.90. The van der Waals surface area contributed by atoms with E-state index in [2.05, 4.69) is 16.1 Å². The Hall–Kier alpha value is -1.81. The van der Waals surface area contributed by atoms with Crippen LogP contribution in [0.25, 0.3) is 0 Å². The van der Waals surface area contributed by atoms with Gasteiger partial charge in [0.15, 0.2) is 0 Å². The molecule has 1 amide bonds. The molecule has 1 aromatic rings. The van der Waals surface area contributed by atoms with Crippen LogP contribution in [0.2, 0.25) is 0 Å². The summed E-state index contributed by atoms with van der Waals surface area (Å²) in [4.78, 5) is 11.5. The Bertz CT molecular complexity index is 479. The molecule has 1 aromatic carbocycles. The summed E-state index contributed by atoms with van der Waals surface area (Å²) in [6.45, 7) is 0. The highest BCUT2D eigenvalue weighted by Crippen LogP contribution is 2.33. The van der Waals surface area contributed by atoms with E-state index in [0.29, 0.717) is 5.69 Å². The van der Waals surface area contributed by atoms with Crippen LogP contribution >= 0.6 is 10.9 Å². The second-order valence-corrected chi connectivity index (χ2v) is 5.23. The summed E-state index contributed by atoms with van der Waals surface area (Å²) in [6.07, 6.45) is 5.44. The Morgan fingerprint density at radius 1 is 1.18 bits per heavy atom. The molecule has 0 radical (unpaired) electrons. The molecule has 4 heteroatoms. The summed E-state index contributed by atoms with van der Waals surface area (Å²) in [5.41, 5.74) is 0.589. The summed E-state index contributed by atoms with van der Waals surface area (Å²) in [5.74, 6) is -0.518. The number of thiol groups is 1. The van der Waals surface area contributed by atoms with Crippen LogP contribution in [-0.2, 0) is 4.79 Å². The maximum atomic E-state index is 12.6. The van der Waals surface area contributed by atoms with Gasteiger partial charge in [-0.2, -0.15) is 10.9 Å². The fraction of sp³-hybridized carbons (Fsp3) is 0. The second-order valence-electron chi connectivity index (χ2n) is 3.44. The molecule has 1 N–H and O–H groups in total. The summed E-state index contributed by atoms with van der Waals surface area (Å²) >= 11 is 0. The van der Waals surface area contributed by atoms with Crippen LogP contribution < -0.4 is 5.32 Å². The maximum absolute atomic E-state index is 12.6. The molecule has 0 fully saturated rings. The molecule has 1 aliphatic heterocycles. The van der Waals surface area contributed by atoms with Crippen molar-refractivity contribution in [3.05, 3.63) is 64.5 Å². The Morgan fingerprint density at radius 3 is 2.47 bits per heavy atom. The normalized spacial score (nSPS) is 15.7. The predicted octanol–water partition coefficient (Wildman–Crippen LogP) is 3.32. The molecule has 0 aromatic heterocycles. The van der Waals surface area contributed by atoms with Crippen molar-refractivity contribution in [2.24, 2.45) is 0 Å². The number of benzene rings is 1. The predicted molar refractivity (Wildman–Crippen MR) is 71.4 cm³/mol. The quantitative estimate of drug-likeness (QED) is 0.624. The number of amides is 1. The number of rotatable bonds is 3. The number of nitrogens with one attached hydrogen (secondary N) is 1. The van der Waals surface area contributed by atoms with E-state index in [1.165, 1.54) is 30.3 Å². The first-order valence-corrected chi connectivity index (χ1v) is 6.66. The van der Waals surface area contributed by atoms with E-state index < -0.39 is 10.9 Å². The van der Waals surface area contributed by atoms with Crippen molar-refractivity contribution in [1.29, 1.82) is 0 Å². The third kappa shape index (κ3) is 3.60. The summed E-state index contributed by atoms with van der Waals surface area (Å²) < 4.78 is 12.6. The van der Waals surface area contributed by atoms with Crippen molar-refractivity contribution in [3.63, 3.8) is 0 Å². The molecule has 17 heavy (non-hydrogen) atoms. The average molecular weight is 249 g/mol. The molecular weight excluding hydrogens is 237 g/mol. The van der Waals surface area contributed by atoms with Gasteiger partial charge in [-0.25, -0.2) is 4.39 Å². The Kier molecular flexibility index (Phi) is 3.77. The minimum absolute atomic E-state index is 0.201. The monoisotopic (exact) mass is 249 g/mol. The van der Waals surface area contributed by atoms with E-state index in [4.69, 9.17) is 0 Å². The first-order valence-electron chi connectivity index (χ1n) is 5.11. The van der Waals surface area contributed by atoms with Crippen LogP contribution in [-0.4, -0.2) is 5.91 Å². The van der Waals surface area contributed by atoms with Crippen LogP contribution in [0.5, 0.6) is 0 Å². The van der Waals surface area contributed by atoms with Crippen molar-refractivity contribution < 1.29 is 9.18 Å². The van der Waals surface area contributed by atoms with Crippen LogP contribution in [0, 0.1) is 5.82 Å². The SMILES string of the molecule is O=C(C=C[SH]1C=CC=C1)Nc1ccc(F)cc1. The lowest BCUT2D eigenvalue weighted by atomic mass is 10.3. The zero-order valence-electron chi connectivity index (χ0n) is 9.01. The van der Waals surface area contributed by atoms with Crippen molar-refractivity contribution in [2.45, 2.75) is 0 Å². The minimum atomic E-state index is -0.420. The fourth-order valence-corrected chi connectivity index (χ4v) is 2.52. The van der Waals surface area contributed by atoms with Crippen molar-refractivity contribution in [2.75, 3.05) is 5.32 Å². The highest BCUT2D eigenvalue weighted by atomic mass is 32.2. The molecule has 0 atom stereocenters. The number of allylic oxidation sites excluding steroid dienone is 2. The number of hydrogen-bond donors (Lipinski definition) is 2. The van der Waals surface area contributed by atoms with Gasteiger partial charge in [0.25, 0.3) is 0 Å². The molecule has 0 saturated heterocycles. The number of hydrogen-bond acceptors (Lipinski definition) is 1. The fourth-order valence-electron chi connectivity index (χ4n) is 1.32. The lowest BCUT2D eigenvalue weighted by molar-refractivity contribution is -0.111. The minimum Gasteiger partial charge on any atom is -0.322 e. The van der Waals surface area contributed by atoms with Gasteiger partial charge in [0.1, 0.15) is 5.82 Å². The van der Waals surface area contributed by atoms with E-state index in [9.17, 15) is 9.18 Å². The molecule has 1 heterocycles. The highest BCUT2D eigenvalue weighted by Gasteiger charge is 1.99. The Labute approximate surface area is 102 Å². The summed E-state index contributed by atoms with van der Waals surface area (Å²) in [6, 6.07) is 5.68. The van der Waals surface area contributed by atoms with Gasteiger partial charge < -0.3 is 5.32 Å². The van der Waals surface area contributed by atoms with Crippen molar-refractivity contribution >= 4 is 22.5 Å². The van der Waals surface area contributed by atoms with E-state index in [0.717, 1.165) is 0 Å². The summed E-state index contributed by atoms with van der Waals surface area (Å²) in [5, 5.41) is 8.64. The van der Waals surface area contributed by atoms with E-state index in [1.807, 2.05) is 17.6 Å². The van der Waals surface area contributed by atoms with Gasteiger partial charge in [0.2, 0.25) is 5.91 Å². The first kappa shape index (κ1) is 11.7. The third-order valence-electron chi connectivity index (χ3n) is 2.14. The average Bonchev–Trinajstić information content (AvgIpc) is 2.83. The lowest BCUT2D eigenvalue weighted by Gasteiger charge is -2.03. The van der Waals surface area contributed by atoms with Gasteiger partial charge in [-0.1, -0.05) is 12.2 Å². The molecule has 88 valence electrons. The molecule has 0 bridgehead atoms. The molecule has 2 nitrogen and oxygen atoms in total. The van der Waals surface area contributed by atoms with Crippen molar-refractivity contribution in [1.82, 2.24) is 0 Å². The van der Waals surface area contributed by atoms with Gasteiger partial charge >= 0.3 is 0 Å². The molecule has 2 rings (SSSR count). The topological polar surface area (TPSA) is 29.1 Å². The van der Waals surface area contributed by atoms with E-state index in [1.54, 1.807) is 0 Å². The largest absolute Gasteiger partial charge is 0.322 e. The van der Waals surface area contributed by atoms with Gasteiger partial charge in [0, 0.05) is 11.8 Å². The molecule has 0 aliphatic carbocycles. The maximum Gasteiger partial charge on any atom is 0.248 e. The van der Waals surface area contributed by atoms with Gasteiger partial charge in [-0.3, -0.25) is 4.79 Å². The standard InChI is InChI=1S/C13H12FNOS/c14-11-3-5-12(6-4-11)15-13(16)7-10-17-8-1-2-9-17/h1-10,17H,(H,15,16). The number of halogens is 1. The second kappa shape index (κ2) is 5.50. The first-order chi connectivity index (χ1) is 8.24. The van der Waals surface area contributed by atoms with Crippen LogP contribution in [0.4, 0.5) is 10.1 Å². The van der Waals surface area contributed by atoms with Gasteiger partial charge in [-0.15, -0.1) is 0 Å². The zero-order chi connectivity index (χ0) is 12.1. The van der Waals surface area contributed by atoms with Gasteiger partial charge in [0.05, 0.1) is 0 Å². The van der Waals surface area contributed by atoms with Gasteiger partial charge in [-0.05, 0) is 40.5 Å². The Morgan fingerprint density at radius 2 is 1.82 bits per heavy atom. The van der Waals surface area contributed by atoms with E-state index >= 15 is 0 Å². The number of carbonyl (C=O) groups is 1. The van der Waals surface area contributed by atoms with Crippen LogP contribution in [0.3, 0.4) is 0 Å². The molecule has 0 spiro atoms. The Balaban J connectivity index is 1.90. The van der Waals surface area contributed by atoms with E-state index in [-0.39, 0.29) is 11.7 Å². The molecule has 1 aliphatic rings. The van der Waals surface area contributed by atoms with Crippen LogP contribution in [0.1, 0.15) is 0 Å². The third-order valence-corrected chi connectivity index (χ3v) is 3.66. The smallest absolute Gasteiger partial charge is 0.248 e. The van der Waals surface area contributed by atoms with Crippen molar-refractivity contribution in [3.8, 4) is 0 Å². The number of anilines is 1. The molecular formula is C13H12FNOS. The summed E-state index contributed by atoms with van der Waals surface area (Å²) in [7, 11) is -0.420. The molecule has 0 saturated carbocycles.